The Balaban J connectivity index is 1.34. The standard InChI is InChI=1S/C19H30/c1-11(2)13(4)17(7-8-17)10-12(3)19-15-9-16(19)18(19)6-5-14(15)18/h11-16H,5-10H2,1-4H3. The van der Waals surface area contributed by atoms with Crippen LogP contribution >= 0.6 is 0 Å². The van der Waals surface area contributed by atoms with E-state index in [4.69, 9.17) is 0 Å². The van der Waals surface area contributed by atoms with E-state index in [1.54, 1.807) is 38.5 Å². The van der Waals surface area contributed by atoms with Gasteiger partial charge in [-0.1, -0.05) is 27.7 Å². The highest BCUT2D eigenvalue weighted by atomic mass is 15.0. The molecule has 19 heavy (non-hydrogen) atoms. The Morgan fingerprint density at radius 2 is 1.74 bits per heavy atom. The van der Waals surface area contributed by atoms with E-state index in [0.29, 0.717) is 0 Å². The van der Waals surface area contributed by atoms with Crippen molar-refractivity contribution in [2.75, 3.05) is 0 Å². The van der Waals surface area contributed by atoms with Crippen LogP contribution in [0.25, 0.3) is 0 Å². The summed E-state index contributed by atoms with van der Waals surface area (Å²) in [4.78, 5) is 0. The number of hydrogen-bond acceptors (Lipinski definition) is 0. The molecule has 0 heterocycles. The number of rotatable bonds is 5. The van der Waals surface area contributed by atoms with Crippen LogP contribution in [0, 0.1) is 51.8 Å². The average molecular weight is 258 g/mol. The molecule has 7 atom stereocenters. The van der Waals surface area contributed by atoms with Crippen LogP contribution in [-0.2, 0) is 0 Å². The van der Waals surface area contributed by atoms with Crippen LogP contribution in [0.5, 0.6) is 0 Å². The lowest BCUT2D eigenvalue weighted by Crippen LogP contribution is -2.56. The van der Waals surface area contributed by atoms with Gasteiger partial charge in [-0.15, -0.1) is 0 Å². The fourth-order valence-electron chi connectivity index (χ4n) is 8.21. The maximum absolute atomic E-state index is 2.65. The minimum absolute atomic E-state index is 0.771. The molecule has 5 aliphatic carbocycles. The van der Waals surface area contributed by atoms with Crippen LogP contribution in [0.4, 0.5) is 0 Å². The van der Waals surface area contributed by atoms with Crippen molar-refractivity contribution < 1.29 is 0 Å². The van der Waals surface area contributed by atoms with Gasteiger partial charge in [0.1, 0.15) is 0 Å². The first-order chi connectivity index (χ1) is 9.01. The zero-order chi connectivity index (χ0) is 13.2. The third kappa shape index (κ3) is 0.914. The lowest BCUT2D eigenvalue weighted by atomic mass is 9.43. The summed E-state index contributed by atoms with van der Waals surface area (Å²) in [5, 5.41) is 0. The summed E-state index contributed by atoms with van der Waals surface area (Å²) < 4.78 is 0. The Hall–Kier alpha value is 0. The van der Waals surface area contributed by atoms with Gasteiger partial charge in [0, 0.05) is 0 Å². The molecule has 0 saturated heterocycles. The van der Waals surface area contributed by atoms with E-state index < -0.39 is 0 Å². The molecule has 5 fully saturated rings. The molecule has 106 valence electrons. The Labute approximate surface area is 118 Å². The van der Waals surface area contributed by atoms with Gasteiger partial charge in [-0.2, -0.15) is 0 Å². The van der Waals surface area contributed by atoms with Crippen LogP contribution in [-0.4, -0.2) is 0 Å². The summed E-state index contributed by atoms with van der Waals surface area (Å²) >= 11 is 0. The van der Waals surface area contributed by atoms with Gasteiger partial charge in [0.2, 0.25) is 0 Å². The molecule has 5 saturated carbocycles. The molecule has 0 aliphatic heterocycles. The molecule has 5 aliphatic rings. The Morgan fingerprint density at radius 3 is 2.16 bits per heavy atom. The normalized spacial score (nSPS) is 57.0. The molecule has 0 heteroatoms. The van der Waals surface area contributed by atoms with E-state index in [1.807, 2.05) is 0 Å². The maximum Gasteiger partial charge on any atom is -0.0144 e. The highest BCUT2D eigenvalue weighted by Crippen LogP contribution is 3.04. The first-order valence-electron chi connectivity index (χ1n) is 9.01. The molecule has 1 spiro atoms. The third-order valence-corrected chi connectivity index (χ3v) is 9.43. The van der Waals surface area contributed by atoms with Gasteiger partial charge in [-0.3, -0.25) is 0 Å². The van der Waals surface area contributed by atoms with Gasteiger partial charge < -0.3 is 0 Å². The predicted molar refractivity (Wildman–Crippen MR) is 78.6 cm³/mol. The van der Waals surface area contributed by atoms with Crippen molar-refractivity contribution in [2.45, 2.75) is 66.2 Å². The van der Waals surface area contributed by atoms with Crippen molar-refractivity contribution in [3.63, 3.8) is 0 Å². The smallest absolute Gasteiger partial charge is 0.0144 e. The number of fused-ring (bicyclic) bond motifs is 1. The van der Waals surface area contributed by atoms with Crippen LogP contribution in [0.15, 0.2) is 0 Å². The van der Waals surface area contributed by atoms with Crippen molar-refractivity contribution in [3.8, 4) is 0 Å². The van der Waals surface area contributed by atoms with Gasteiger partial charge in [-0.25, -0.2) is 0 Å². The van der Waals surface area contributed by atoms with Gasteiger partial charge in [0.15, 0.2) is 0 Å². The summed E-state index contributed by atoms with van der Waals surface area (Å²) in [6.45, 7) is 10.1. The first kappa shape index (κ1) is 11.6. The summed E-state index contributed by atoms with van der Waals surface area (Å²) in [5.74, 6) is 6.52. The second-order valence-electron chi connectivity index (χ2n) is 9.51. The zero-order valence-corrected chi connectivity index (χ0v) is 13.2. The second kappa shape index (κ2) is 2.95. The predicted octanol–water partition coefficient (Wildman–Crippen LogP) is 5.13. The molecule has 0 aromatic rings. The largest absolute Gasteiger partial charge is 0.0625 e. The van der Waals surface area contributed by atoms with Crippen LogP contribution in [0.1, 0.15) is 66.2 Å². The SMILES string of the molecule is CC(C)C(C)C1(CC(C)C23C4CC2C32CCC42)CC1. The van der Waals surface area contributed by atoms with Crippen LogP contribution in [0.3, 0.4) is 0 Å². The maximum atomic E-state index is 2.65. The first-order valence-corrected chi connectivity index (χ1v) is 9.01. The van der Waals surface area contributed by atoms with Gasteiger partial charge in [-0.05, 0) is 90.3 Å². The molecular formula is C19H30. The minimum Gasteiger partial charge on any atom is -0.0625 e. The van der Waals surface area contributed by atoms with Crippen molar-refractivity contribution >= 4 is 0 Å². The van der Waals surface area contributed by atoms with E-state index in [-0.39, 0.29) is 0 Å². The van der Waals surface area contributed by atoms with E-state index in [9.17, 15) is 0 Å². The second-order valence-corrected chi connectivity index (χ2v) is 9.51. The quantitative estimate of drug-likeness (QED) is 0.641. The molecular weight excluding hydrogens is 228 g/mol. The molecule has 5 rings (SSSR count). The average Bonchev–Trinajstić information content (AvgIpc) is 3.15. The van der Waals surface area contributed by atoms with E-state index in [1.165, 1.54) is 17.8 Å². The van der Waals surface area contributed by atoms with Crippen molar-refractivity contribution in [2.24, 2.45) is 51.8 Å². The number of hydrogen-bond donors (Lipinski definition) is 0. The van der Waals surface area contributed by atoms with E-state index in [0.717, 1.165) is 34.0 Å². The lowest BCUT2D eigenvalue weighted by Gasteiger charge is -2.61. The van der Waals surface area contributed by atoms with Crippen LogP contribution < -0.4 is 0 Å². The molecule has 0 aromatic carbocycles. The van der Waals surface area contributed by atoms with Gasteiger partial charge in [0.05, 0.1) is 0 Å². The molecule has 0 radical (unpaired) electrons. The lowest BCUT2D eigenvalue weighted by molar-refractivity contribution is -0.137. The highest BCUT2D eigenvalue weighted by molar-refractivity contribution is 5.46. The van der Waals surface area contributed by atoms with Crippen molar-refractivity contribution in [1.82, 2.24) is 0 Å². The van der Waals surface area contributed by atoms with Crippen molar-refractivity contribution in [1.29, 1.82) is 0 Å². The monoisotopic (exact) mass is 258 g/mol. The van der Waals surface area contributed by atoms with Gasteiger partial charge >= 0.3 is 0 Å². The highest BCUT2D eigenvalue weighted by Gasteiger charge is 2.99. The summed E-state index contributed by atoms with van der Waals surface area (Å²) in [5.41, 5.74) is 2.64. The van der Waals surface area contributed by atoms with Crippen LogP contribution in [0.2, 0.25) is 0 Å². The zero-order valence-electron chi connectivity index (χ0n) is 13.2. The molecule has 0 aromatic heterocycles. The fraction of sp³-hybridized carbons (Fsp3) is 1.00. The molecule has 0 N–H and O–H groups in total. The summed E-state index contributed by atoms with van der Waals surface area (Å²) in [6, 6.07) is 0. The van der Waals surface area contributed by atoms with E-state index in [2.05, 4.69) is 27.7 Å². The van der Waals surface area contributed by atoms with Gasteiger partial charge in [0.25, 0.3) is 0 Å². The molecule has 0 nitrogen and oxygen atoms in total. The Bertz CT molecular complexity index is 439. The Kier molecular flexibility index (Phi) is 1.81. The third-order valence-electron chi connectivity index (χ3n) is 9.43. The van der Waals surface area contributed by atoms with Crippen molar-refractivity contribution in [3.05, 3.63) is 0 Å². The molecule has 0 amide bonds. The summed E-state index contributed by atoms with van der Waals surface area (Å²) in [6.07, 6.45) is 9.52. The fourth-order valence-corrected chi connectivity index (χ4v) is 8.21. The van der Waals surface area contributed by atoms with E-state index >= 15 is 0 Å². The minimum atomic E-state index is 0.771. The topological polar surface area (TPSA) is 0 Å². The molecule has 0 bridgehead atoms. The molecule has 7 unspecified atom stereocenters. The summed E-state index contributed by atoms with van der Waals surface area (Å²) in [7, 11) is 0. The Morgan fingerprint density at radius 1 is 1.00 bits per heavy atom.